The summed E-state index contributed by atoms with van der Waals surface area (Å²) in [7, 11) is 0. The topological polar surface area (TPSA) is 34.1 Å². The third-order valence-electron chi connectivity index (χ3n) is 2.80. The van der Waals surface area contributed by atoms with Crippen LogP contribution in [0.1, 0.15) is 37.6 Å². The molecule has 2 aromatic rings. The molecule has 3 nitrogen and oxygen atoms in total. The molecule has 0 aliphatic heterocycles. The standard InChI is InChI=1S/C15H20N2OS/c1-3-7-12(13-8-6-11-19-13)16-14-9-5-10-15(17-14)18-4-2/h5-6,8-12H,3-4,7H2,1-2H3,(H,16,17). The van der Waals surface area contributed by atoms with Crippen molar-refractivity contribution in [2.75, 3.05) is 11.9 Å². The van der Waals surface area contributed by atoms with Crippen molar-refractivity contribution in [1.29, 1.82) is 0 Å². The van der Waals surface area contributed by atoms with Gasteiger partial charge in [0, 0.05) is 10.9 Å². The van der Waals surface area contributed by atoms with E-state index in [9.17, 15) is 0 Å². The lowest BCUT2D eigenvalue weighted by molar-refractivity contribution is 0.327. The van der Waals surface area contributed by atoms with Crippen LogP contribution in [0.3, 0.4) is 0 Å². The minimum Gasteiger partial charge on any atom is -0.478 e. The van der Waals surface area contributed by atoms with Crippen LogP contribution in [0.5, 0.6) is 5.88 Å². The fourth-order valence-corrected chi connectivity index (χ4v) is 2.78. The van der Waals surface area contributed by atoms with Crippen molar-refractivity contribution >= 4 is 17.2 Å². The van der Waals surface area contributed by atoms with Gasteiger partial charge in [-0.15, -0.1) is 11.3 Å². The molecule has 1 N–H and O–H groups in total. The Balaban J connectivity index is 2.10. The average molecular weight is 276 g/mol. The van der Waals surface area contributed by atoms with Gasteiger partial charge in [0.05, 0.1) is 12.6 Å². The number of aromatic nitrogens is 1. The number of anilines is 1. The minimum absolute atomic E-state index is 0.328. The van der Waals surface area contributed by atoms with E-state index in [0.29, 0.717) is 18.5 Å². The van der Waals surface area contributed by atoms with E-state index in [-0.39, 0.29) is 0 Å². The first-order valence-electron chi connectivity index (χ1n) is 6.73. The summed E-state index contributed by atoms with van der Waals surface area (Å²) in [5.41, 5.74) is 0. The van der Waals surface area contributed by atoms with E-state index in [1.54, 1.807) is 11.3 Å². The van der Waals surface area contributed by atoms with Crippen molar-refractivity contribution in [3.63, 3.8) is 0 Å². The SMILES string of the molecule is CCCC(Nc1cccc(OCC)n1)c1cccs1. The molecular weight excluding hydrogens is 256 g/mol. The molecule has 0 radical (unpaired) electrons. The van der Waals surface area contributed by atoms with Gasteiger partial charge in [0.1, 0.15) is 5.82 Å². The fourth-order valence-electron chi connectivity index (χ4n) is 1.97. The second kappa shape index (κ2) is 7.14. The van der Waals surface area contributed by atoms with Crippen LogP contribution in [0.15, 0.2) is 35.7 Å². The first-order valence-corrected chi connectivity index (χ1v) is 7.61. The molecule has 2 rings (SSSR count). The molecule has 0 bridgehead atoms. The molecular formula is C15H20N2OS. The number of ether oxygens (including phenoxy) is 1. The van der Waals surface area contributed by atoms with Crippen LogP contribution in [-0.4, -0.2) is 11.6 Å². The maximum Gasteiger partial charge on any atom is 0.215 e. The summed E-state index contributed by atoms with van der Waals surface area (Å²) in [6.07, 6.45) is 2.24. The van der Waals surface area contributed by atoms with Crippen LogP contribution in [0.2, 0.25) is 0 Å². The number of hydrogen-bond donors (Lipinski definition) is 1. The number of nitrogens with zero attached hydrogens (tertiary/aromatic N) is 1. The lowest BCUT2D eigenvalue weighted by atomic mass is 10.1. The summed E-state index contributed by atoms with van der Waals surface area (Å²) in [4.78, 5) is 5.82. The minimum atomic E-state index is 0.328. The maximum atomic E-state index is 5.43. The average Bonchev–Trinajstić information content (AvgIpc) is 2.93. The van der Waals surface area contributed by atoms with E-state index in [1.165, 1.54) is 4.88 Å². The van der Waals surface area contributed by atoms with Gasteiger partial charge >= 0.3 is 0 Å². The summed E-state index contributed by atoms with van der Waals surface area (Å²) in [5, 5.41) is 5.62. The number of rotatable bonds is 7. The molecule has 19 heavy (non-hydrogen) atoms. The van der Waals surface area contributed by atoms with E-state index in [1.807, 2.05) is 25.1 Å². The lowest BCUT2D eigenvalue weighted by Crippen LogP contribution is -2.10. The second-order valence-electron chi connectivity index (χ2n) is 4.30. The molecule has 0 spiro atoms. The van der Waals surface area contributed by atoms with Crippen LogP contribution < -0.4 is 10.1 Å². The highest BCUT2D eigenvalue weighted by atomic mass is 32.1. The van der Waals surface area contributed by atoms with E-state index in [0.717, 1.165) is 18.7 Å². The summed E-state index contributed by atoms with van der Waals surface area (Å²) in [5.74, 6) is 1.55. The van der Waals surface area contributed by atoms with E-state index in [2.05, 4.69) is 34.7 Å². The Labute approximate surface area is 118 Å². The molecule has 102 valence electrons. The van der Waals surface area contributed by atoms with Gasteiger partial charge in [-0.05, 0) is 30.9 Å². The molecule has 0 amide bonds. The molecule has 0 fully saturated rings. The third kappa shape index (κ3) is 3.96. The Morgan fingerprint density at radius 3 is 2.84 bits per heavy atom. The number of pyridine rings is 1. The Hall–Kier alpha value is -1.55. The Kier molecular flexibility index (Phi) is 5.21. The zero-order valence-electron chi connectivity index (χ0n) is 11.4. The fraction of sp³-hybridized carbons (Fsp3) is 0.400. The molecule has 1 atom stereocenters. The molecule has 0 aromatic carbocycles. The second-order valence-corrected chi connectivity index (χ2v) is 5.27. The van der Waals surface area contributed by atoms with E-state index >= 15 is 0 Å². The Morgan fingerprint density at radius 1 is 1.26 bits per heavy atom. The van der Waals surface area contributed by atoms with Crippen LogP contribution >= 0.6 is 11.3 Å². The molecule has 0 saturated carbocycles. The number of thiophene rings is 1. The zero-order valence-corrected chi connectivity index (χ0v) is 12.2. The van der Waals surface area contributed by atoms with Gasteiger partial charge in [-0.2, -0.15) is 4.98 Å². The third-order valence-corrected chi connectivity index (χ3v) is 3.79. The molecule has 0 saturated heterocycles. The van der Waals surface area contributed by atoms with Crippen molar-refractivity contribution in [1.82, 2.24) is 4.98 Å². The van der Waals surface area contributed by atoms with Gasteiger partial charge < -0.3 is 10.1 Å². The predicted octanol–water partition coefficient (Wildman–Crippen LogP) is 4.50. The van der Waals surface area contributed by atoms with Gasteiger partial charge in [-0.25, -0.2) is 0 Å². The van der Waals surface area contributed by atoms with Gasteiger partial charge in [0.15, 0.2) is 0 Å². The number of hydrogen-bond acceptors (Lipinski definition) is 4. The summed E-state index contributed by atoms with van der Waals surface area (Å²) >= 11 is 1.78. The van der Waals surface area contributed by atoms with Crippen molar-refractivity contribution in [2.24, 2.45) is 0 Å². The normalized spacial score (nSPS) is 12.1. The van der Waals surface area contributed by atoms with Crippen LogP contribution in [0, 0.1) is 0 Å². The van der Waals surface area contributed by atoms with Crippen LogP contribution in [0.4, 0.5) is 5.82 Å². The lowest BCUT2D eigenvalue weighted by Gasteiger charge is -2.17. The largest absolute Gasteiger partial charge is 0.478 e. The van der Waals surface area contributed by atoms with Gasteiger partial charge in [0.25, 0.3) is 0 Å². The molecule has 0 aliphatic carbocycles. The molecule has 2 aromatic heterocycles. The molecule has 4 heteroatoms. The maximum absolute atomic E-state index is 5.43. The first-order chi connectivity index (χ1) is 9.33. The van der Waals surface area contributed by atoms with E-state index in [4.69, 9.17) is 4.74 Å². The summed E-state index contributed by atoms with van der Waals surface area (Å²) < 4.78 is 5.43. The smallest absolute Gasteiger partial charge is 0.215 e. The van der Waals surface area contributed by atoms with Crippen molar-refractivity contribution in [2.45, 2.75) is 32.7 Å². The van der Waals surface area contributed by atoms with Gasteiger partial charge in [-0.3, -0.25) is 0 Å². The summed E-state index contributed by atoms with van der Waals surface area (Å²) in [6, 6.07) is 10.4. The zero-order chi connectivity index (χ0) is 13.5. The molecule has 2 heterocycles. The highest BCUT2D eigenvalue weighted by molar-refractivity contribution is 7.10. The highest BCUT2D eigenvalue weighted by Gasteiger charge is 2.12. The molecule has 1 unspecified atom stereocenters. The number of nitrogens with one attached hydrogen (secondary N) is 1. The van der Waals surface area contributed by atoms with Gasteiger partial charge in [-0.1, -0.05) is 25.5 Å². The van der Waals surface area contributed by atoms with Crippen molar-refractivity contribution < 1.29 is 4.74 Å². The van der Waals surface area contributed by atoms with Crippen LogP contribution in [-0.2, 0) is 0 Å². The first kappa shape index (κ1) is 13.9. The van der Waals surface area contributed by atoms with E-state index < -0.39 is 0 Å². The monoisotopic (exact) mass is 276 g/mol. The van der Waals surface area contributed by atoms with Crippen LogP contribution in [0.25, 0.3) is 0 Å². The summed E-state index contributed by atoms with van der Waals surface area (Å²) in [6.45, 7) is 4.80. The Morgan fingerprint density at radius 2 is 2.16 bits per heavy atom. The predicted molar refractivity (Wildman–Crippen MR) is 81.0 cm³/mol. The van der Waals surface area contributed by atoms with Gasteiger partial charge in [0.2, 0.25) is 5.88 Å². The Bertz CT molecular complexity index is 485. The molecule has 0 aliphatic rings. The quantitative estimate of drug-likeness (QED) is 0.808. The van der Waals surface area contributed by atoms with Crippen molar-refractivity contribution in [3.05, 3.63) is 40.6 Å². The highest BCUT2D eigenvalue weighted by Crippen LogP contribution is 2.27. The van der Waals surface area contributed by atoms with Crippen molar-refractivity contribution in [3.8, 4) is 5.88 Å².